The molecule has 2 N–H and O–H groups in total. The lowest BCUT2D eigenvalue weighted by molar-refractivity contribution is 0.0696. The Morgan fingerprint density at radius 1 is 1.38 bits per heavy atom. The smallest absolute Gasteiger partial charge is 0.337 e. The fourth-order valence-electron chi connectivity index (χ4n) is 1.88. The first kappa shape index (κ1) is 16.7. The molecule has 7 nitrogen and oxygen atoms in total. The number of nitriles is 1. The molecule has 2 heterocycles. The van der Waals surface area contributed by atoms with Crippen LogP contribution in [-0.4, -0.2) is 30.9 Å². The zero-order valence-electron chi connectivity index (χ0n) is 12.8. The third-order valence-corrected chi connectivity index (χ3v) is 3.24. The molecular weight excluding hydrogens is 308 g/mol. The van der Waals surface area contributed by atoms with Gasteiger partial charge in [-0.1, -0.05) is 18.7 Å². The van der Waals surface area contributed by atoms with Crippen molar-refractivity contribution in [1.82, 2.24) is 14.8 Å². The summed E-state index contributed by atoms with van der Waals surface area (Å²) in [7, 11) is 0. The molecular formula is C17H14N4O3. The first-order chi connectivity index (χ1) is 11.5. The van der Waals surface area contributed by atoms with E-state index < -0.39 is 5.97 Å². The molecule has 0 atom stereocenters. The van der Waals surface area contributed by atoms with Crippen LogP contribution in [0.25, 0.3) is 11.4 Å². The van der Waals surface area contributed by atoms with E-state index in [1.54, 1.807) is 19.1 Å². The Kier molecular flexibility index (Phi) is 4.92. The van der Waals surface area contributed by atoms with E-state index in [2.05, 4.69) is 16.7 Å². The van der Waals surface area contributed by atoms with E-state index >= 15 is 0 Å². The van der Waals surface area contributed by atoms with Gasteiger partial charge in [-0.2, -0.15) is 15.0 Å². The van der Waals surface area contributed by atoms with Gasteiger partial charge in [0.15, 0.2) is 5.82 Å². The molecule has 0 fully saturated rings. The van der Waals surface area contributed by atoms with Crippen LogP contribution in [0.4, 0.5) is 0 Å². The largest absolute Gasteiger partial charge is 0.493 e. The van der Waals surface area contributed by atoms with Gasteiger partial charge in [0.25, 0.3) is 0 Å². The van der Waals surface area contributed by atoms with Crippen LogP contribution in [0.3, 0.4) is 0 Å². The van der Waals surface area contributed by atoms with Gasteiger partial charge in [-0.15, -0.1) is 0 Å². The zero-order valence-corrected chi connectivity index (χ0v) is 12.8. The fraction of sp³-hybridized carbons (Fsp3) is 0.0588. The Labute approximate surface area is 138 Å². The van der Waals surface area contributed by atoms with Crippen molar-refractivity contribution < 1.29 is 15.0 Å². The number of carboxylic acid groups (broad SMARTS) is 1. The predicted octanol–water partition coefficient (Wildman–Crippen LogP) is 2.71. The van der Waals surface area contributed by atoms with E-state index in [4.69, 9.17) is 10.4 Å². The third-order valence-electron chi connectivity index (χ3n) is 3.24. The molecule has 0 unspecified atom stereocenters. The normalized spacial score (nSPS) is 11.8. The Balaban J connectivity index is 2.36. The number of rotatable bonds is 5. The number of nitrogens with zero attached hydrogens (tertiary/aromatic N) is 4. The first-order valence-electron chi connectivity index (χ1n) is 6.86. The van der Waals surface area contributed by atoms with E-state index in [0.717, 1.165) is 0 Å². The molecule has 120 valence electrons. The van der Waals surface area contributed by atoms with E-state index in [0.29, 0.717) is 16.7 Å². The van der Waals surface area contributed by atoms with Crippen LogP contribution in [-0.2, 0) is 0 Å². The lowest BCUT2D eigenvalue weighted by atomic mass is 10.1. The van der Waals surface area contributed by atoms with E-state index in [1.165, 1.54) is 35.3 Å². The highest BCUT2D eigenvalue weighted by Crippen LogP contribution is 2.26. The summed E-state index contributed by atoms with van der Waals surface area (Å²) >= 11 is 0. The van der Waals surface area contributed by atoms with Crippen molar-refractivity contribution in [3.05, 3.63) is 66.0 Å². The number of carboxylic acids is 1. The van der Waals surface area contributed by atoms with Crippen LogP contribution in [0.1, 0.15) is 22.8 Å². The summed E-state index contributed by atoms with van der Waals surface area (Å²) < 4.78 is 1.20. The third kappa shape index (κ3) is 3.39. The summed E-state index contributed by atoms with van der Waals surface area (Å²) in [6, 6.07) is 4.80. The summed E-state index contributed by atoms with van der Waals surface area (Å²) in [5.41, 5.74) is 1.60. The van der Waals surface area contributed by atoms with Gasteiger partial charge in [0, 0.05) is 6.20 Å². The SMILES string of the molecule is C=C/C(C#N)=C\C=C(/C)c1cnn(-c2ccc(C(=O)O)cn2)c1O. The number of allylic oxidation sites excluding steroid dienone is 5. The molecule has 0 aliphatic rings. The van der Waals surface area contributed by atoms with Crippen molar-refractivity contribution in [2.24, 2.45) is 0 Å². The van der Waals surface area contributed by atoms with Crippen LogP contribution in [0.15, 0.2) is 54.9 Å². The monoisotopic (exact) mass is 322 g/mol. The van der Waals surface area contributed by atoms with E-state index in [1.807, 2.05) is 6.07 Å². The van der Waals surface area contributed by atoms with Crippen molar-refractivity contribution in [1.29, 1.82) is 5.26 Å². The van der Waals surface area contributed by atoms with E-state index in [9.17, 15) is 9.90 Å². The minimum absolute atomic E-state index is 0.0419. The number of hydrogen-bond acceptors (Lipinski definition) is 5. The maximum Gasteiger partial charge on any atom is 0.337 e. The molecule has 7 heteroatoms. The standard InChI is InChI=1S/C17H14N4O3/c1-3-12(8-18)5-4-11(2)14-10-20-21(16(14)22)15-7-6-13(9-19-15)17(23)24/h3-7,9-10,22H,1H2,2H3,(H,23,24)/b11-4+,12-5+. The molecule has 0 saturated heterocycles. The molecule has 0 aliphatic heterocycles. The minimum Gasteiger partial charge on any atom is -0.493 e. The maximum absolute atomic E-state index is 10.8. The van der Waals surface area contributed by atoms with Gasteiger partial charge in [-0.25, -0.2) is 9.78 Å². The van der Waals surface area contributed by atoms with Crippen molar-refractivity contribution in [3.8, 4) is 17.8 Å². The van der Waals surface area contributed by atoms with Crippen molar-refractivity contribution >= 4 is 11.5 Å². The van der Waals surface area contributed by atoms with Crippen molar-refractivity contribution in [2.45, 2.75) is 6.92 Å². The Bertz CT molecular complexity index is 884. The maximum atomic E-state index is 10.8. The van der Waals surface area contributed by atoms with Gasteiger partial charge in [0.2, 0.25) is 5.88 Å². The van der Waals surface area contributed by atoms with Gasteiger partial charge >= 0.3 is 5.97 Å². The second-order valence-corrected chi connectivity index (χ2v) is 4.79. The molecule has 2 rings (SSSR count). The first-order valence-corrected chi connectivity index (χ1v) is 6.86. The van der Waals surface area contributed by atoms with Gasteiger partial charge in [0.05, 0.1) is 29.0 Å². The molecule has 2 aromatic rings. The van der Waals surface area contributed by atoms with Crippen LogP contribution in [0.2, 0.25) is 0 Å². The summed E-state index contributed by atoms with van der Waals surface area (Å²) in [5.74, 6) is -0.929. The predicted molar refractivity (Wildman–Crippen MR) is 87.5 cm³/mol. The average molecular weight is 322 g/mol. The van der Waals surface area contributed by atoms with Crippen LogP contribution < -0.4 is 0 Å². The summed E-state index contributed by atoms with van der Waals surface area (Å²) in [4.78, 5) is 14.8. The Morgan fingerprint density at radius 2 is 2.12 bits per heavy atom. The number of aromatic carboxylic acids is 1. The fourth-order valence-corrected chi connectivity index (χ4v) is 1.88. The highest BCUT2D eigenvalue weighted by Gasteiger charge is 2.13. The minimum atomic E-state index is -1.08. The summed E-state index contributed by atoms with van der Waals surface area (Å²) in [6.45, 7) is 5.29. The van der Waals surface area contributed by atoms with Gasteiger partial charge in [-0.05, 0) is 30.7 Å². The quantitative estimate of drug-likeness (QED) is 0.646. The van der Waals surface area contributed by atoms with E-state index in [-0.39, 0.29) is 17.3 Å². The Hall–Kier alpha value is -3.66. The molecule has 0 aliphatic carbocycles. The van der Waals surface area contributed by atoms with Gasteiger partial charge < -0.3 is 10.2 Å². The molecule has 24 heavy (non-hydrogen) atoms. The second-order valence-electron chi connectivity index (χ2n) is 4.79. The second kappa shape index (κ2) is 7.07. The van der Waals surface area contributed by atoms with Crippen molar-refractivity contribution in [2.75, 3.05) is 0 Å². The topological polar surface area (TPSA) is 112 Å². The van der Waals surface area contributed by atoms with Crippen LogP contribution in [0, 0.1) is 11.3 Å². The summed E-state index contributed by atoms with van der Waals surface area (Å²) in [5, 5.41) is 32.1. The number of pyridine rings is 1. The molecule has 2 aromatic heterocycles. The highest BCUT2D eigenvalue weighted by molar-refractivity contribution is 5.87. The molecule has 0 bridgehead atoms. The lowest BCUT2D eigenvalue weighted by Crippen LogP contribution is -2.02. The number of aromatic nitrogens is 3. The molecule has 0 radical (unpaired) electrons. The van der Waals surface area contributed by atoms with Gasteiger partial charge in [-0.3, -0.25) is 0 Å². The molecule has 0 aromatic carbocycles. The number of hydrogen-bond donors (Lipinski definition) is 2. The lowest BCUT2D eigenvalue weighted by Gasteiger charge is -2.03. The zero-order chi connectivity index (χ0) is 17.7. The highest BCUT2D eigenvalue weighted by atomic mass is 16.4. The number of aromatic hydroxyl groups is 1. The summed E-state index contributed by atoms with van der Waals surface area (Å²) in [6.07, 6.45) is 7.33. The molecule has 0 spiro atoms. The molecule has 0 saturated carbocycles. The average Bonchev–Trinajstić information content (AvgIpc) is 2.97. The molecule has 0 amide bonds. The van der Waals surface area contributed by atoms with Gasteiger partial charge in [0.1, 0.15) is 0 Å². The van der Waals surface area contributed by atoms with Crippen molar-refractivity contribution in [3.63, 3.8) is 0 Å². The van der Waals surface area contributed by atoms with Crippen LogP contribution in [0.5, 0.6) is 5.88 Å². The van der Waals surface area contributed by atoms with Crippen LogP contribution >= 0.6 is 0 Å². The number of carbonyl (C=O) groups is 1. The Morgan fingerprint density at radius 3 is 2.67 bits per heavy atom.